The lowest BCUT2D eigenvalue weighted by molar-refractivity contribution is -0.131. The summed E-state index contributed by atoms with van der Waals surface area (Å²) in [4.78, 5) is 15.9. The lowest BCUT2D eigenvalue weighted by Gasteiger charge is -2.03. The van der Waals surface area contributed by atoms with E-state index in [0.29, 0.717) is 28.7 Å². The summed E-state index contributed by atoms with van der Waals surface area (Å²) in [5, 5.41) is 9.74. The maximum atomic E-state index is 11.5. The van der Waals surface area contributed by atoms with Gasteiger partial charge in [-0.25, -0.2) is 9.78 Å². The van der Waals surface area contributed by atoms with Crippen molar-refractivity contribution >= 4 is 34.9 Å². The topological polar surface area (TPSA) is 72.6 Å². The number of benzene rings is 2. The van der Waals surface area contributed by atoms with Crippen LogP contribution >= 0.6 is 11.8 Å². The molecule has 0 atom stereocenters. The molecule has 3 rings (SSSR count). The second-order valence-corrected chi connectivity index (χ2v) is 6.03. The Morgan fingerprint density at radius 1 is 1.24 bits per heavy atom. The van der Waals surface area contributed by atoms with E-state index >= 15 is 0 Å². The van der Waals surface area contributed by atoms with Gasteiger partial charge in [-0.05, 0) is 47.7 Å². The van der Waals surface area contributed by atoms with Gasteiger partial charge in [0, 0.05) is 0 Å². The number of hydrogen-bond donors (Lipinski definition) is 1. The predicted octanol–water partition coefficient (Wildman–Crippen LogP) is 4.61. The van der Waals surface area contributed by atoms with Gasteiger partial charge >= 0.3 is 5.97 Å². The molecule has 1 N–H and O–H groups in total. The molecule has 1 heterocycles. The molecule has 6 heteroatoms. The third kappa shape index (κ3) is 4.30. The fourth-order valence-corrected chi connectivity index (χ4v) is 2.84. The molecule has 0 spiro atoms. The molecule has 5 nitrogen and oxygen atoms in total. The third-order valence-corrected chi connectivity index (χ3v) is 4.09. The van der Waals surface area contributed by atoms with Crippen LogP contribution < -0.4 is 4.74 Å². The van der Waals surface area contributed by atoms with E-state index in [1.165, 1.54) is 0 Å². The van der Waals surface area contributed by atoms with Gasteiger partial charge in [-0.1, -0.05) is 36.9 Å². The summed E-state index contributed by atoms with van der Waals surface area (Å²) in [6, 6.07) is 14.4. The number of fused-ring (bicyclic) bond motifs is 1. The maximum absolute atomic E-state index is 11.5. The van der Waals surface area contributed by atoms with Crippen LogP contribution in [0.2, 0.25) is 0 Å². The first-order valence-electron chi connectivity index (χ1n) is 7.48. The lowest BCUT2D eigenvalue weighted by atomic mass is 10.2. The standard InChI is InChI=1S/C19H15NO4S/c1-2-11-23-14-9-7-13(8-10-14)12-17(18(21)22)25-19-20-15-5-3-4-6-16(15)24-19/h2-10,12H,1,11H2,(H,21,22)/b17-12+. The third-order valence-electron chi connectivity index (χ3n) is 3.23. The number of carboxylic acid groups (broad SMARTS) is 1. The number of rotatable bonds is 7. The minimum Gasteiger partial charge on any atom is -0.490 e. The Bertz CT molecular complexity index is 895. The molecule has 0 unspecified atom stereocenters. The summed E-state index contributed by atoms with van der Waals surface area (Å²) in [5.41, 5.74) is 2.06. The van der Waals surface area contributed by atoms with Crippen LogP contribution in [0.1, 0.15) is 5.56 Å². The minimum absolute atomic E-state index is 0.117. The minimum atomic E-state index is -1.04. The number of carboxylic acids is 1. The van der Waals surface area contributed by atoms with Crippen molar-refractivity contribution in [3.63, 3.8) is 0 Å². The van der Waals surface area contributed by atoms with Crippen molar-refractivity contribution in [3.8, 4) is 5.75 Å². The van der Waals surface area contributed by atoms with E-state index in [-0.39, 0.29) is 4.91 Å². The highest BCUT2D eigenvalue weighted by Crippen LogP contribution is 2.30. The van der Waals surface area contributed by atoms with Crippen LogP contribution in [0, 0.1) is 0 Å². The van der Waals surface area contributed by atoms with E-state index in [0.717, 1.165) is 17.3 Å². The van der Waals surface area contributed by atoms with E-state index in [9.17, 15) is 9.90 Å². The van der Waals surface area contributed by atoms with Crippen molar-refractivity contribution < 1.29 is 19.1 Å². The van der Waals surface area contributed by atoms with Gasteiger partial charge in [-0.3, -0.25) is 0 Å². The molecule has 0 bridgehead atoms. The molecule has 2 aromatic carbocycles. The lowest BCUT2D eigenvalue weighted by Crippen LogP contribution is -1.97. The molecule has 0 amide bonds. The number of thioether (sulfide) groups is 1. The van der Waals surface area contributed by atoms with Crippen LogP contribution in [0.15, 0.2) is 75.7 Å². The van der Waals surface area contributed by atoms with Gasteiger partial charge in [-0.2, -0.15) is 0 Å². The first-order valence-corrected chi connectivity index (χ1v) is 8.29. The Morgan fingerprint density at radius 2 is 2.00 bits per heavy atom. The van der Waals surface area contributed by atoms with Gasteiger partial charge in [0.2, 0.25) is 0 Å². The molecule has 0 fully saturated rings. The van der Waals surface area contributed by atoms with Crippen LogP contribution in [-0.4, -0.2) is 22.7 Å². The summed E-state index contributed by atoms with van der Waals surface area (Å²) in [6.45, 7) is 4.01. The van der Waals surface area contributed by atoms with E-state index < -0.39 is 5.97 Å². The van der Waals surface area contributed by atoms with Gasteiger partial charge in [0.1, 0.15) is 22.8 Å². The van der Waals surface area contributed by atoms with Gasteiger partial charge in [-0.15, -0.1) is 0 Å². The zero-order valence-electron chi connectivity index (χ0n) is 13.2. The van der Waals surface area contributed by atoms with Crippen LogP contribution in [-0.2, 0) is 4.79 Å². The monoisotopic (exact) mass is 353 g/mol. The smallest absolute Gasteiger partial charge is 0.342 e. The summed E-state index contributed by atoms with van der Waals surface area (Å²) >= 11 is 0.975. The normalized spacial score (nSPS) is 11.4. The zero-order valence-corrected chi connectivity index (χ0v) is 14.0. The second kappa shape index (κ2) is 7.72. The highest BCUT2D eigenvalue weighted by molar-refractivity contribution is 8.03. The molecule has 3 aromatic rings. The van der Waals surface area contributed by atoms with Crippen molar-refractivity contribution in [2.24, 2.45) is 0 Å². The number of para-hydroxylation sites is 2. The highest BCUT2D eigenvalue weighted by atomic mass is 32.2. The van der Waals surface area contributed by atoms with Gasteiger partial charge in [0.25, 0.3) is 5.22 Å². The zero-order chi connectivity index (χ0) is 17.6. The molecule has 0 aliphatic carbocycles. The summed E-state index contributed by atoms with van der Waals surface area (Å²) in [6.07, 6.45) is 3.23. The number of aromatic nitrogens is 1. The Labute approximate surface area is 148 Å². The molecule has 0 aliphatic heterocycles. The summed E-state index contributed by atoms with van der Waals surface area (Å²) in [5.74, 6) is -0.347. The first kappa shape index (κ1) is 16.9. The van der Waals surface area contributed by atoms with Crippen LogP contribution in [0.5, 0.6) is 5.75 Å². The van der Waals surface area contributed by atoms with Crippen molar-refractivity contribution in [1.82, 2.24) is 4.98 Å². The largest absolute Gasteiger partial charge is 0.490 e. The van der Waals surface area contributed by atoms with E-state index in [2.05, 4.69) is 11.6 Å². The number of oxazole rings is 1. The van der Waals surface area contributed by atoms with Crippen molar-refractivity contribution in [3.05, 3.63) is 71.7 Å². The van der Waals surface area contributed by atoms with Gasteiger partial charge in [0.15, 0.2) is 5.58 Å². The molecule has 0 radical (unpaired) electrons. The molecule has 126 valence electrons. The van der Waals surface area contributed by atoms with Crippen LogP contribution in [0.4, 0.5) is 0 Å². The average molecular weight is 353 g/mol. The second-order valence-electron chi connectivity index (χ2n) is 5.03. The van der Waals surface area contributed by atoms with Gasteiger partial charge in [0.05, 0.1) is 0 Å². The quantitative estimate of drug-likeness (QED) is 0.380. The van der Waals surface area contributed by atoms with Crippen LogP contribution in [0.25, 0.3) is 17.2 Å². The Hall–Kier alpha value is -2.99. The van der Waals surface area contributed by atoms with E-state index in [1.54, 1.807) is 42.5 Å². The predicted molar refractivity (Wildman–Crippen MR) is 97.6 cm³/mol. The van der Waals surface area contributed by atoms with Crippen LogP contribution in [0.3, 0.4) is 0 Å². The van der Waals surface area contributed by atoms with E-state index in [4.69, 9.17) is 9.15 Å². The van der Waals surface area contributed by atoms with Crippen molar-refractivity contribution in [2.75, 3.05) is 6.61 Å². The molecule has 0 aliphatic rings. The summed E-state index contributed by atoms with van der Waals surface area (Å²) in [7, 11) is 0. The first-order chi connectivity index (χ1) is 12.2. The molecule has 1 aromatic heterocycles. The Kier molecular flexibility index (Phi) is 5.20. The number of nitrogens with zero attached hydrogens (tertiary/aromatic N) is 1. The molecule has 25 heavy (non-hydrogen) atoms. The average Bonchev–Trinajstić information content (AvgIpc) is 3.03. The number of ether oxygens (including phenoxy) is 1. The number of carbonyl (C=O) groups is 1. The maximum Gasteiger partial charge on any atom is 0.342 e. The SMILES string of the molecule is C=CCOc1ccc(/C=C(/Sc2nc3ccccc3o2)C(=O)O)cc1. The number of aliphatic carboxylic acids is 1. The van der Waals surface area contributed by atoms with Crippen molar-refractivity contribution in [1.29, 1.82) is 0 Å². The van der Waals surface area contributed by atoms with Crippen molar-refractivity contribution in [2.45, 2.75) is 5.22 Å². The Balaban J connectivity index is 1.81. The molecular weight excluding hydrogens is 338 g/mol. The Morgan fingerprint density at radius 3 is 2.68 bits per heavy atom. The fourth-order valence-electron chi connectivity index (χ4n) is 2.09. The molecule has 0 saturated heterocycles. The molecule has 0 saturated carbocycles. The summed E-state index contributed by atoms with van der Waals surface area (Å²) < 4.78 is 11.0. The van der Waals surface area contributed by atoms with E-state index in [1.807, 2.05) is 18.2 Å². The molecular formula is C19H15NO4S. The number of hydrogen-bond acceptors (Lipinski definition) is 5. The fraction of sp³-hybridized carbons (Fsp3) is 0.0526. The van der Waals surface area contributed by atoms with Gasteiger partial charge < -0.3 is 14.3 Å². The highest BCUT2D eigenvalue weighted by Gasteiger charge is 2.14.